The molecule has 0 aliphatic carbocycles. The van der Waals surface area contributed by atoms with Gasteiger partial charge in [0.25, 0.3) is 0 Å². The minimum Gasteiger partial charge on any atom is -0.394 e. The Kier molecular flexibility index (Phi) is 6.14. The molecule has 9 N–H and O–H groups in total. The van der Waals surface area contributed by atoms with E-state index in [0.29, 0.717) is 0 Å². The SMILES string of the molecule is NC(=O)NO.Nc1ncn([C@@H]2O[C@H](CO)[C@@H](O)[C@H]2O)c(=O)n1. The van der Waals surface area contributed by atoms with Gasteiger partial charge in [0.15, 0.2) is 6.23 Å². The fourth-order valence-corrected chi connectivity index (χ4v) is 1.64. The summed E-state index contributed by atoms with van der Waals surface area (Å²) in [6.45, 7) is -0.473. The van der Waals surface area contributed by atoms with E-state index < -0.39 is 42.9 Å². The number of nitrogens with one attached hydrogen (secondary N) is 1. The molecule has 22 heavy (non-hydrogen) atoms. The van der Waals surface area contributed by atoms with Crippen LogP contribution in [0.4, 0.5) is 10.7 Å². The molecule has 0 unspecified atom stereocenters. The highest BCUT2D eigenvalue weighted by atomic mass is 16.6. The number of rotatable bonds is 2. The van der Waals surface area contributed by atoms with E-state index in [0.717, 1.165) is 10.9 Å². The maximum absolute atomic E-state index is 11.5. The van der Waals surface area contributed by atoms with Crippen molar-refractivity contribution in [3.05, 3.63) is 16.8 Å². The van der Waals surface area contributed by atoms with Crippen LogP contribution < -0.4 is 22.6 Å². The molecule has 13 heteroatoms. The maximum atomic E-state index is 11.5. The van der Waals surface area contributed by atoms with Gasteiger partial charge in [-0.3, -0.25) is 9.77 Å². The summed E-state index contributed by atoms with van der Waals surface area (Å²) in [5, 5.41) is 35.5. The molecule has 2 heterocycles. The number of aliphatic hydroxyl groups is 3. The fourth-order valence-electron chi connectivity index (χ4n) is 1.64. The summed E-state index contributed by atoms with van der Waals surface area (Å²) in [7, 11) is 0. The standard InChI is InChI=1S/C8H12N4O5.CH4N2O2/c9-7-10-2-12(8(16)11-7)6-5(15)4(14)3(1-13)17-6;2-1(4)3-5/h2-6,13-15H,1H2,(H2,9,11,16);5H,(H3,2,3,4)/t3-,4-,5-,6-;/m1./s1. The van der Waals surface area contributed by atoms with Crippen molar-refractivity contribution in [2.75, 3.05) is 12.3 Å². The highest BCUT2D eigenvalue weighted by Gasteiger charge is 2.43. The lowest BCUT2D eigenvalue weighted by atomic mass is 10.1. The predicted molar refractivity (Wildman–Crippen MR) is 68.2 cm³/mol. The Bertz CT molecular complexity index is 566. The van der Waals surface area contributed by atoms with Gasteiger partial charge in [0.05, 0.1) is 6.61 Å². The van der Waals surface area contributed by atoms with Crippen LogP contribution in [0.1, 0.15) is 6.23 Å². The normalized spacial score (nSPS) is 26.9. The van der Waals surface area contributed by atoms with E-state index in [1.54, 1.807) is 0 Å². The summed E-state index contributed by atoms with van der Waals surface area (Å²) in [6, 6.07) is -0.940. The van der Waals surface area contributed by atoms with Gasteiger partial charge < -0.3 is 31.5 Å². The summed E-state index contributed by atoms with van der Waals surface area (Å²) in [6.07, 6.45) is -3.67. The van der Waals surface area contributed by atoms with Gasteiger partial charge in [-0.2, -0.15) is 4.98 Å². The summed E-state index contributed by atoms with van der Waals surface area (Å²) < 4.78 is 6.04. The second-order valence-electron chi connectivity index (χ2n) is 4.11. The number of hydroxylamine groups is 1. The van der Waals surface area contributed by atoms with Gasteiger partial charge in [-0.15, -0.1) is 0 Å². The van der Waals surface area contributed by atoms with Crippen LogP contribution in [0.15, 0.2) is 11.1 Å². The van der Waals surface area contributed by atoms with Crippen LogP contribution in [0.3, 0.4) is 0 Å². The molecule has 0 radical (unpaired) electrons. The Hall–Kier alpha value is -2.32. The van der Waals surface area contributed by atoms with Gasteiger partial charge >= 0.3 is 11.7 Å². The number of aromatic nitrogens is 3. The number of urea groups is 1. The molecular weight excluding hydrogens is 304 g/mol. The Morgan fingerprint density at radius 2 is 2.05 bits per heavy atom. The summed E-state index contributed by atoms with van der Waals surface area (Å²) in [4.78, 5) is 27.7. The molecule has 1 aliphatic rings. The minimum absolute atomic E-state index is 0.196. The molecule has 0 aromatic carbocycles. The lowest BCUT2D eigenvalue weighted by Crippen LogP contribution is -2.36. The van der Waals surface area contributed by atoms with Gasteiger partial charge in [-0.1, -0.05) is 0 Å². The maximum Gasteiger partial charge on any atom is 0.354 e. The first-order chi connectivity index (χ1) is 10.3. The van der Waals surface area contributed by atoms with Crippen molar-refractivity contribution in [2.24, 2.45) is 5.73 Å². The Morgan fingerprint density at radius 3 is 2.45 bits per heavy atom. The molecule has 124 valence electrons. The van der Waals surface area contributed by atoms with Crippen LogP contribution in [0.5, 0.6) is 0 Å². The number of nitrogens with zero attached hydrogens (tertiary/aromatic N) is 3. The van der Waals surface area contributed by atoms with Crippen molar-refractivity contribution in [2.45, 2.75) is 24.5 Å². The van der Waals surface area contributed by atoms with E-state index in [2.05, 4.69) is 15.7 Å². The van der Waals surface area contributed by atoms with Crippen LogP contribution in [0.25, 0.3) is 0 Å². The number of carbonyl (C=O) groups excluding carboxylic acids is 1. The number of hydrogen-bond donors (Lipinski definition) is 7. The quantitative estimate of drug-likeness (QED) is 0.206. The van der Waals surface area contributed by atoms with Crippen molar-refractivity contribution in [3.8, 4) is 0 Å². The molecule has 0 spiro atoms. The van der Waals surface area contributed by atoms with E-state index in [1.165, 1.54) is 5.48 Å². The highest BCUT2D eigenvalue weighted by molar-refractivity contribution is 5.69. The summed E-state index contributed by atoms with van der Waals surface area (Å²) in [5.74, 6) is -0.196. The van der Waals surface area contributed by atoms with Gasteiger partial charge in [0.1, 0.15) is 24.6 Å². The summed E-state index contributed by atoms with van der Waals surface area (Å²) in [5.41, 5.74) is 9.91. The lowest BCUT2D eigenvalue weighted by Gasteiger charge is -2.16. The Labute approximate surface area is 122 Å². The number of nitrogen functional groups attached to an aromatic ring is 1. The first kappa shape index (κ1) is 17.7. The monoisotopic (exact) mass is 320 g/mol. The van der Waals surface area contributed by atoms with E-state index >= 15 is 0 Å². The number of amides is 2. The van der Waals surface area contributed by atoms with Crippen LogP contribution in [-0.4, -0.2) is 66.0 Å². The molecule has 4 atom stereocenters. The van der Waals surface area contributed by atoms with Crippen molar-refractivity contribution in [1.29, 1.82) is 0 Å². The average Bonchev–Trinajstić information content (AvgIpc) is 2.76. The van der Waals surface area contributed by atoms with E-state index in [4.69, 9.17) is 20.8 Å². The Morgan fingerprint density at radius 1 is 1.45 bits per heavy atom. The lowest BCUT2D eigenvalue weighted by molar-refractivity contribution is -0.0554. The molecule has 2 rings (SSSR count). The fraction of sp³-hybridized carbons (Fsp3) is 0.556. The van der Waals surface area contributed by atoms with Gasteiger partial charge in [-0.05, 0) is 0 Å². The van der Waals surface area contributed by atoms with E-state index in [1.807, 2.05) is 0 Å². The minimum atomic E-state index is -1.35. The molecule has 1 fully saturated rings. The molecule has 13 nitrogen and oxygen atoms in total. The highest BCUT2D eigenvalue weighted by Crippen LogP contribution is 2.27. The number of aliphatic hydroxyl groups excluding tert-OH is 3. The van der Waals surface area contributed by atoms with Crippen LogP contribution in [0.2, 0.25) is 0 Å². The first-order valence-corrected chi connectivity index (χ1v) is 5.84. The molecule has 1 saturated heterocycles. The number of hydrogen-bond acceptors (Lipinski definition) is 10. The number of anilines is 1. The van der Waals surface area contributed by atoms with Gasteiger partial charge in [-0.25, -0.2) is 20.1 Å². The first-order valence-electron chi connectivity index (χ1n) is 5.84. The smallest absolute Gasteiger partial charge is 0.354 e. The predicted octanol–water partition coefficient (Wildman–Crippen LogP) is -4.12. The van der Waals surface area contributed by atoms with Crippen LogP contribution in [-0.2, 0) is 4.74 Å². The molecular formula is C9H16N6O7. The zero-order chi connectivity index (χ0) is 16.9. The molecule has 0 bridgehead atoms. The third-order valence-electron chi connectivity index (χ3n) is 2.65. The zero-order valence-electron chi connectivity index (χ0n) is 11.1. The molecule has 1 aromatic rings. The zero-order valence-corrected chi connectivity index (χ0v) is 11.1. The van der Waals surface area contributed by atoms with E-state index in [-0.39, 0.29) is 5.95 Å². The van der Waals surface area contributed by atoms with Crippen LogP contribution in [0, 0.1) is 0 Å². The largest absolute Gasteiger partial charge is 0.394 e. The molecule has 2 amide bonds. The molecule has 1 aliphatic heterocycles. The van der Waals surface area contributed by atoms with Gasteiger partial charge in [0, 0.05) is 0 Å². The third-order valence-corrected chi connectivity index (χ3v) is 2.65. The third kappa shape index (κ3) is 4.09. The Balaban J connectivity index is 0.000000422. The van der Waals surface area contributed by atoms with E-state index in [9.17, 15) is 19.8 Å². The molecule has 1 aromatic heterocycles. The number of ether oxygens (including phenoxy) is 1. The number of primary amides is 1. The van der Waals surface area contributed by atoms with Crippen molar-refractivity contribution in [1.82, 2.24) is 20.0 Å². The summed E-state index contributed by atoms with van der Waals surface area (Å²) >= 11 is 0. The average molecular weight is 320 g/mol. The van der Waals surface area contributed by atoms with Crippen LogP contribution >= 0.6 is 0 Å². The van der Waals surface area contributed by atoms with Gasteiger partial charge in [0.2, 0.25) is 5.95 Å². The van der Waals surface area contributed by atoms with Crippen molar-refractivity contribution < 1.29 is 30.1 Å². The topological polar surface area (TPSA) is 219 Å². The second-order valence-corrected chi connectivity index (χ2v) is 4.11. The number of carbonyl (C=O) groups is 1. The number of nitrogens with two attached hydrogens (primary N) is 2. The van der Waals surface area contributed by atoms with Crippen molar-refractivity contribution in [3.63, 3.8) is 0 Å². The van der Waals surface area contributed by atoms with Crippen molar-refractivity contribution >= 4 is 12.0 Å². The second kappa shape index (κ2) is 7.62. The molecule has 0 saturated carbocycles.